The maximum absolute atomic E-state index is 13.1. The van der Waals surface area contributed by atoms with Gasteiger partial charge in [-0.2, -0.15) is 0 Å². The summed E-state index contributed by atoms with van der Waals surface area (Å²) >= 11 is 1.31. The molecule has 29 heavy (non-hydrogen) atoms. The molecule has 0 bridgehead atoms. The first-order valence-electron chi connectivity index (χ1n) is 8.95. The van der Waals surface area contributed by atoms with Crippen molar-refractivity contribution in [2.45, 2.75) is 13.1 Å². The number of thiophene rings is 1. The molecule has 0 saturated carbocycles. The Labute approximate surface area is 173 Å². The van der Waals surface area contributed by atoms with Gasteiger partial charge in [-0.1, -0.05) is 35.9 Å². The highest BCUT2D eigenvalue weighted by atomic mass is 32.1. The summed E-state index contributed by atoms with van der Waals surface area (Å²) in [6.07, 6.45) is -0.977. The van der Waals surface area contributed by atoms with Crippen LogP contribution in [0.15, 0.2) is 60.0 Å². The predicted octanol–water partition coefficient (Wildman–Crippen LogP) is 4.12. The molecule has 7 heteroatoms. The zero-order chi connectivity index (χ0) is 20.8. The van der Waals surface area contributed by atoms with Crippen molar-refractivity contribution in [2.24, 2.45) is 0 Å². The summed E-state index contributed by atoms with van der Waals surface area (Å²) in [6, 6.07) is 15.9. The van der Waals surface area contributed by atoms with Crippen molar-refractivity contribution in [1.29, 1.82) is 0 Å². The van der Waals surface area contributed by atoms with Crippen molar-refractivity contribution >= 4 is 28.7 Å². The smallest absolute Gasteiger partial charge is 0.263 e. The Morgan fingerprint density at radius 3 is 2.38 bits per heavy atom. The lowest BCUT2D eigenvalue weighted by Gasteiger charge is -2.22. The van der Waals surface area contributed by atoms with Gasteiger partial charge in [0, 0.05) is 11.6 Å². The minimum absolute atomic E-state index is 0.257. The SMILES string of the molecule is COc1ccc(N[C@H](NC(=O)c2cccs2)C(=O)c2ccc(C)cc2)c(OC)c1. The van der Waals surface area contributed by atoms with E-state index in [0.717, 1.165) is 5.56 Å². The van der Waals surface area contributed by atoms with Crippen molar-refractivity contribution in [3.63, 3.8) is 0 Å². The fraction of sp³-hybridized carbons (Fsp3) is 0.182. The molecule has 1 amide bonds. The Morgan fingerprint density at radius 1 is 1.00 bits per heavy atom. The number of carbonyl (C=O) groups is 2. The molecule has 0 radical (unpaired) electrons. The number of rotatable bonds is 8. The van der Waals surface area contributed by atoms with Crippen molar-refractivity contribution < 1.29 is 19.1 Å². The summed E-state index contributed by atoms with van der Waals surface area (Å²) < 4.78 is 10.6. The number of anilines is 1. The summed E-state index contributed by atoms with van der Waals surface area (Å²) in [5.41, 5.74) is 2.10. The standard InChI is InChI=1S/C22H22N2O4S/c1-14-6-8-15(9-7-14)20(25)21(24-22(26)19-5-4-12-29-19)23-17-11-10-16(27-2)13-18(17)28-3/h4-13,21,23H,1-3H3,(H,24,26)/t21-/m1/s1. The van der Waals surface area contributed by atoms with E-state index in [2.05, 4.69) is 10.6 Å². The molecule has 2 aromatic carbocycles. The Morgan fingerprint density at radius 2 is 1.76 bits per heavy atom. The number of hydrogen-bond acceptors (Lipinski definition) is 6. The summed E-state index contributed by atoms with van der Waals surface area (Å²) in [5, 5.41) is 7.69. The molecular formula is C22H22N2O4S. The number of carbonyl (C=O) groups excluding carboxylic acids is 2. The lowest BCUT2D eigenvalue weighted by Crippen LogP contribution is -2.46. The highest BCUT2D eigenvalue weighted by Crippen LogP contribution is 2.29. The summed E-state index contributed by atoms with van der Waals surface area (Å²) in [7, 11) is 3.09. The first-order valence-corrected chi connectivity index (χ1v) is 9.83. The van der Waals surface area contributed by atoms with Crippen LogP contribution in [0.25, 0.3) is 0 Å². The summed E-state index contributed by atoms with van der Waals surface area (Å²) in [6.45, 7) is 1.95. The van der Waals surface area contributed by atoms with Crippen LogP contribution in [0.2, 0.25) is 0 Å². The lowest BCUT2D eigenvalue weighted by molar-refractivity contribution is 0.0871. The second kappa shape index (κ2) is 9.25. The zero-order valence-electron chi connectivity index (χ0n) is 16.4. The van der Waals surface area contributed by atoms with Gasteiger partial charge in [0.25, 0.3) is 5.91 Å². The fourth-order valence-corrected chi connectivity index (χ4v) is 3.36. The molecule has 0 unspecified atom stereocenters. The minimum Gasteiger partial charge on any atom is -0.497 e. The van der Waals surface area contributed by atoms with Gasteiger partial charge in [0.1, 0.15) is 11.5 Å². The second-order valence-electron chi connectivity index (χ2n) is 6.32. The Kier molecular flexibility index (Phi) is 6.51. The van der Waals surface area contributed by atoms with Crippen LogP contribution < -0.4 is 20.1 Å². The zero-order valence-corrected chi connectivity index (χ0v) is 17.2. The van der Waals surface area contributed by atoms with E-state index in [1.54, 1.807) is 49.6 Å². The van der Waals surface area contributed by atoms with Crippen LogP contribution in [0.4, 0.5) is 5.69 Å². The fourth-order valence-electron chi connectivity index (χ4n) is 2.73. The number of hydrogen-bond donors (Lipinski definition) is 2. The molecule has 1 aromatic heterocycles. The molecule has 1 atom stereocenters. The van der Waals surface area contributed by atoms with Crippen LogP contribution >= 0.6 is 11.3 Å². The summed E-state index contributed by atoms with van der Waals surface area (Å²) in [4.78, 5) is 26.3. The van der Waals surface area contributed by atoms with Crippen LogP contribution in [0.3, 0.4) is 0 Å². The molecule has 0 fully saturated rings. The second-order valence-corrected chi connectivity index (χ2v) is 7.27. The maximum atomic E-state index is 13.1. The van der Waals surface area contributed by atoms with Crippen molar-refractivity contribution in [1.82, 2.24) is 5.32 Å². The third kappa shape index (κ3) is 4.94. The molecule has 0 aliphatic heterocycles. The maximum Gasteiger partial charge on any atom is 0.263 e. The van der Waals surface area contributed by atoms with Crippen molar-refractivity contribution in [3.05, 3.63) is 76.0 Å². The van der Waals surface area contributed by atoms with E-state index in [1.807, 2.05) is 24.4 Å². The van der Waals surface area contributed by atoms with E-state index < -0.39 is 6.17 Å². The predicted molar refractivity (Wildman–Crippen MR) is 114 cm³/mol. The van der Waals surface area contributed by atoms with Crippen LogP contribution in [0, 0.1) is 6.92 Å². The third-order valence-electron chi connectivity index (χ3n) is 4.33. The number of benzene rings is 2. The largest absolute Gasteiger partial charge is 0.497 e. The molecule has 0 aliphatic carbocycles. The van der Waals surface area contributed by atoms with Gasteiger partial charge in [0.05, 0.1) is 24.8 Å². The van der Waals surface area contributed by atoms with Gasteiger partial charge in [-0.15, -0.1) is 11.3 Å². The van der Waals surface area contributed by atoms with E-state index in [-0.39, 0.29) is 11.7 Å². The minimum atomic E-state index is -0.977. The van der Waals surface area contributed by atoms with Crippen LogP contribution in [0.5, 0.6) is 11.5 Å². The Bertz CT molecular complexity index is 985. The number of ether oxygens (including phenoxy) is 2. The van der Waals surface area contributed by atoms with Gasteiger partial charge in [-0.3, -0.25) is 9.59 Å². The molecule has 0 aliphatic rings. The van der Waals surface area contributed by atoms with E-state index >= 15 is 0 Å². The first kappa shape index (κ1) is 20.4. The topological polar surface area (TPSA) is 76.7 Å². The van der Waals surface area contributed by atoms with E-state index in [0.29, 0.717) is 27.6 Å². The number of Topliss-reactive ketones (excluding diaryl/α,β-unsaturated/α-hetero) is 1. The molecular weight excluding hydrogens is 388 g/mol. The Hall–Kier alpha value is -3.32. The van der Waals surface area contributed by atoms with Gasteiger partial charge in [-0.25, -0.2) is 0 Å². The van der Waals surface area contributed by atoms with Gasteiger partial charge >= 0.3 is 0 Å². The number of ketones is 1. The van der Waals surface area contributed by atoms with E-state index in [4.69, 9.17) is 9.47 Å². The third-order valence-corrected chi connectivity index (χ3v) is 5.20. The molecule has 150 valence electrons. The average Bonchev–Trinajstić information content (AvgIpc) is 3.28. The normalized spacial score (nSPS) is 11.4. The molecule has 0 spiro atoms. The lowest BCUT2D eigenvalue weighted by atomic mass is 10.1. The van der Waals surface area contributed by atoms with Crippen molar-refractivity contribution in [3.8, 4) is 11.5 Å². The number of amides is 1. The summed E-state index contributed by atoms with van der Waals surface area (Å²) in [5.74, 6) is 0.533. The number of methoxy groups -OCH3 is 2. The molecule has 1 heterocycles. The average molecular weight is 410 g/mol. The molecule has 6 nitrogen and oxygen atoms in total. The van der Waals surface area contributed by atoms with E-state index in [9.17, 15) is 9.59 Å². The molecule has 2 N–H and O–H groups in total. The highest BCUT2D eigenvalue weighted by molar-refractivity contribution is 7.12. The van der Waals surface area contributed by atoms with E-state index in [1.165, 1.54) is 18.4 Å². The van der Waals surface area contributed by atoms with Crippen LogP contribution in [0.1, 0.15) is 25.6 Å². The number of nitrogens with one attached hydrogen (secondary N) is 2. The van der Waals surface area contributed by atoms with Gasteiger partial charge in [0.15, 0.2) is 6.17 Å². The Balaban J connectivity index is 1.90. The quantitative estimate of drug-likeness (QED) is 0.431. The monoisotopic (exact) mass is 410 g/mol. The van der Waals surface area contributed by atoms with Gasteiger partial charge in [-0.05, 0) is 30.5 Å². The number of aryl methyl sites for hydroxylation is 1. The van der Waals surface area contributed by atoms with Crippen LogP contribution in [-0.4, -0.2) is 32.1 Å². The van der Waals surface area contributed by atoms with Crippen molar-refractivity contribution in [2.75, 3.05) is 19.5 Å². The van der Waals surface area contributed by atoms with Crippen LogP contribution in [-0.2, 0) is 0 Å². The molecule has 0 saturated heterocycles. The first-order chi connectivity index (χ1) is 14.0. The van der Waals surface area contributed by atoms with Gasteiger partial charge < -0.3 is 20.1 Å². The molecule has 3 rings (SSSR count). The van der Waals surface area contributed by atoms with Gasteiger partial charge in [0.2, 0.25) is 5.78 Å². The highest BCUT2D eigenvalue weighted by Gasteiger charge is 2.24. The molecule has 3 aromatic rings.